The molecule has 1 aliphatic heterocycles. The molecule has 0 bridgehead atoms. The molecule has 126 valence electrons. The van der Waals surface area contributed by atoms with Gasteiger partial charge < -0.3 is 14.5 Å². The van der Waals surface area contributed by atoms with Crippen LogP contribution in [0.1, 0.15) is 41.0 Å². The van der Waals surface area contributed by atoms with Gasteiger partial charge in [-0.3, -0.25) is 9.59 Å². The Labute approximate surface area is 132 Å². The highest BCUT2D eigenvalue weighted by atomic mass is 16.6. The van der Waals surface area contributed by atoms with E-state index in [9.17, 15) is 14.4 Å². The number of nitrogens with zero attached hydrogens (tertiary/aromatic N) is 2. The summed E-state index contributed by atoms with van der Waals surface area (Å²) in [5.41, 5.74) is -0.588. The minimum Gasteiger partial charge on any atom is -0.458 e. The van der Waals surface area contributed by atoms with Crippen LogP contribution in [0.5, 0.6) is 0 Å². The average Bonchev–Trinajstić information content (AvgIpc) is 2.83. The van der Waals surface area contributed by atoms with Crippen LogP contribution in [0, 0.1) is 11.8 Å². The molecule has 1 fully saturated rings. The zero-order valence-corrected chi connectivity index (χ0v) is 14.5. The van der Waals surface area contributed by atoms with Gasteiger partial charge in [0.2, 0.25) is 12.3 Å². The van der Waals surface area contributed by atoms with E-state index in [4.69, 9.17) is 4.74 Å². The van der Waals surface area contributed by atoms with Crippen LogP contribution in [0.3, 0.4) is 0 Å². The van der Waals surface area contributed by atoms with Crippen molar-refractivity contribution in [2.75, 3.05) is 20.1 Å². The molecule has 1 heterocycles. The third-order valence-corrected chi connectivity index (χ3v) is 3.76. The fraction of sp³-hybridized carbons (Fsp3) is 0.812. The van der Waals surface area contributed by atoms with Crippen molar-refractivity contribution in [2.45, 2.75) is 52.7 Å². The van der Waals surface area contributed by atoms with Gasteiger partial charge in [0.1, 0.15) is 11.6 Å². The minimum atomic E-state index is -0.614. The summed E-state index contributed by atoms with van der Waals surface area (Å²) < 4.78 is 5.44. The monoisotopic (exact) mass is 312 g/mol. The molecule has 0 unspecified atom stereocenters. The number of hydrogen-bond donors (Lipinski definition) is 0. The van der Waals surface area contributed by atoms with Crippen LogP contribution in [0.25, 0.3) is 0 Å². The fourth-order valence-corrected chi connectivity index (χ4v) is 2.75. The molecular formula is C16H28N2O4. The number of likely N-dealkylation sites (tertiary alicyclic amines) is 1. The zero-order valence-electron chi connectivity index (χ0n) is 14.5. The second-order valence-corrected chi connectivity index (χ2v) is 7.26. The van der Waals surface area contributed by atoms with E-state index >= 15 is 0 Å². The molecule has 0 aliphatic carbocycles. The van der Waals surface area contributed by atoms with Gasteiger partial charge in [-0.15, -0.1) is 0 Å². The maximum atomic E-state index is 12.6. The average molecular weight is 312 g/mol. The molecular weight excluding hydrogens is 284 g/mol. The number of hydrogen-bond acceptors (Lipinski definition) is 4. The second-order valence-electron chi connectivity index (χ2n) is 7.26. The molecule has 2 atom stereocenters. The first kappa shape index (κ1) is 18.5. The van der Waals surface area contributed by atoms with Crippen molar-refractivity contribution >= 4 is 18.3 Å². The summed E-state index contributed by atoms with van der Waals surface area (Å²) in [7, 11) is 1.64. The molecule has 0 saturated carbocycles. The predicted octanol–water partition coefficient (Wildman–Crippen LogP) is 1.29. The van der Waals surface area contributed by atoms with E-state index in [0.717, 1.165) is 6.41 Å². The Morgan fingerprint density at radius 2 is 1.91 bits per heavy atom. The summed E-state index contributed by atoms with van der Waals surface area (Å²) in [6, 6.07) is -0.614. The molecule has 6 nitrogen and oxygen atoms in total. The van der Waals surface area contributed by atoms with Gasteiger partial charge in [-0.25, -0.2) is 4.79 Å². The van der Waals surface area contributed by atoms with Crippen molar-refractivity contribution in [1.82, 2.24) is 9.80 Å². The normalized spacial score (nSPS) is 20.0. The largest absolute Gasteiger partial charge is 0.458 e. The van der Waals surface area contributed by atoms with Gasteiger partial charge in [0, 0.05) is 20.1 Å². The molecule has 22 heavy (non-hydrogen) atoms. The van der Waals surface area contributed by atoms with Crippen molar-refractivity contribution in [3.05, 3.63) is 0 Å². The Morgan fingerprint density at radius 3 is 2.32 bits per heavy atom. The van der Waals surface area contributed by atoms with Crippen molar-refractivity contribution in [1.29, 1.82) is 0 Å². The zero-order chi connectivity index (χ0) is 17.1. The van der Waals surface area contributed by atoms with Gasteiger partial charge in [-0.1, -0.05) is 13.8 Å². The quantitative estimate of drug-likeness (QED) is 0.567. The summed E-state index contributed by atoms with van der Waals surface area (Å²) in [5, 5.41) is 0. The van der Waals surface area contributed by atoms with Gasteiger partial charge in [-0.2, -0.15) is 0 Å². The highest BCUT2D eigenvalue weighted by molar-refractivity contribution is 5.86. The van der Waals surface area contributed by atoms with Crippen LogP contribution in [-0.2, 0) is 19.1 Å². The molecule has 0 aromatic heterocycles. The third-order valence-electron chi connectivity index (χ3n) is 3.76. The Bertz CT molecular complexity index is 428. The van der Waals surface area contributed by atoms with E-state index in [-0.39, 0.29) is 23.7 Å². The van der Waals surface area contributed by atoms with Crippen LogP contribution in [0.2, 0.25) is 0 Å². The predicted molar refractivity (Wildman–Crippen MR) is 83.0 cm³/mol. The summed E-state index contributed by atoms with van der Waals surface area (Å²) >= 11 is 0. The Hall–Kier alpha value is -1.59. The Kier molecular flexibility index (Phi) is 5.97. The van der Waals surface area contributed by atoms with E-state index in [1.807, 2.05) is 34.6 Å². The van der Waals surface area contributed by atoms with Gasteiger partial charge in [0.25, 0.3) is 0 Å². The highest BCUT2D eigenvalue weighted by Gasteiger charge is 2.37. The van der Waals surface area contributed by atoms with E-state index in [0.29, 0.717) is 19.5 Å². The van der Waals surface area contributed by atoms with E-state index < -0.39 is 11.6 Å². The van der Waals surface area contributed by atoms with Crippen LogP contribution in [-0.4, -0.2) is 59.9 Å². The summed E-state index contributed by atoms with van der Waals surface area (Å²) in [5.74, 6) is -0.774. The first-order valence-corrected chi connectivity index (χ1v) is 7.75. The van der Waals surface area contributed by atoms with E-state index in [1.54, 1.807) is 11.9 Å². The lowest BCUT2D eigenvalue weighted by Crippen LogP contribution is -2.50. The lowest BCUT2D eigenvalue weighted by Gasteiger charge is -2.33. The maximum Gasteiger partial charge on any atom is 0.329 e. The van der Waals surface area contributed by atoms with Gasteiger partial charge in [0.15, 0.2) is 0 Å². The summed E-state index contributed by atoms with van der Waals surface area (Å²) in [4.78, 5) is 38.9. The summed E-state index contributed by atoms with van der Waals surface area (Å²) in [6.45, 7) is 10.2. The minimum absolute atomic E-state index is 0.0487. The number of amides is 2. The smallest absolute Gasteiger partial charge is 0.329 e. The second kappa shape index (κ2) is 7.11. The fourth-order valence-electron chi connectivity index (χ4n) is 2.75. The van der Waals surface area contributed by atoms with E-state index in [2.05, 4.69) is 0 Å². The Morgan fingerprint density at radius 1 is 1.32 bits per heavy atom. The van der Waals surface area contributed by atoms with Gasteiger partial charge >= 0.3 is 5.97 Å². The molecule has 1 aliphatic rings. The first-order chi connectivity index (χ1) is 10.1. The van der Waals surface area contributed by atoms with Crippen LogP contribution in [0.15, 0.2) is 0 Å². The topological polar surface area (TPSA) is 66.9 Å². The van der Waals surface area contributed by atoms with E-state index in [1.165, 1.54) is 4.90 Å². The lowest BCUT2D eigenvalue weighted by atomic mass is 9.99. The molecule has 0 spiro atoms. The van der Waals surface area contributed by atoms with Gasteiger partial charge in [-0.05, 0) is 33.1 Å². The number of esters is 1. The molecule has 2 amide bonds. The molecule has 0 radical (unpaired) electrons. The van der Waals surface area contributed by atoms with Crippen molar-refractivity contribution in [2.24, 2.45) is 11.8 Å². The number of carbonyl (C=O) groups excluding carboxylic acids is 3. The third kappa shape index (κ3) is 4.71. The van der Waals surface area contributed by atoms with Gasteiger partial charge in [0.05, 0.1) is 5.92 Å². The standard InChI is InChI=1S/C16H28N2O4/c1-11(2)13(15(21)22-16(3,4)5)17(6)14(20)12-7-8-18(9-12)10-19/h10-13H,7-9H2,1-6H3/t12-,13-/m0/s1. The first-order valence-electron chi connectivity index (χ1n) is 7.75. The molecule has 0 aromatic carbocycles. The van der Waals surface area contributed by atoms with Crippen LogP contribution < -0.4 is 0 Å². The molecule has 6 heteroatoms. The molecule has 1 saturated heterocycles. The Balaban J connectivity index is 2.80. The van der Waals surface area contributed by atoms with Crippen molar-refractivity contribution in [3.8, 4) is 0 Å². The number of carbonyl (C=O) groups is 3. The number of ether oxygens (including phenoxy) is 1. The number of likely N-dealkylation sites (N-methyl/N-ethyl adjacent to an activating group) is 1. The lowest BCUT2D eigenvalue weighted by molar-refractivity contribution is -0.166. The van der Waals surface area contributed by atoms with Crippen molar-refractivity contribution < 1.29 is 19.1 Å². The van der Waals surface area contributed by atoms with Crippen molar-refractivity contribution in [3.63, 3.8) is 0 Å². The summed E-state index contributed by atoms with van der Waals surface area (Å²) in [6.07, 6.45) is 1.40. The highest BCUT2D eigenvalue weighted by Crippen LogP contribution is 2.22. The molecule has 1 rings (SSSR count). The molecule has 0 aromatic rings. The molecule has 0 N–H and O–H groups in total. The number of rotatable bonds is 5. The van der Waals surface area contributed by atoms with Crippen LogP contribution >= 0.6 is 0 Å². The maximum absolute atomic E-state index is 12.6. The SMILES string of the molecule is CC(C)[C@@H](C(=O)OC(C)(C)C)N(C)C(=O)[C@H]1CCN(C=O)C1. The van der Waals surface area contributed by atoms with Crippen LogP contribution in [0.4, 0.5) is 0 Å².